The number of nitrogens with one attached hydrogen (secondary N) is 1. The Morgan fingerprint density at radius 2 is 1.80 bits per heavy atom. The Kier molecular flexibility index (Phi) is 5.32. The third-order valence-electron chi connectivity index (χ3n) is 3.12. The lowest BCUT2D eigenvalue weighted by atomic mass is 10.1. The molecule has 1 amide bonds. The Morgan fingerprint density at radius 3 is 2.40 bits per heavy atom. The minimum Gasteiger partial charge on any atom is -0.465 e. The predicted molar refractivity (Wildman–Crippen MR) is 82.1 cm³/mol. The minimum absolute atomic E-state index is 0.0443. The summed E-state index contributed by atoms with van der Waals surface area (Å²) in [5.74, 6) is -2.94. The van der Waals surface area contributed by atoms with Crippen LogP contribution < -0.4 is 5.32 Å². The number of carbonyl (C=O) groups is 2. The molecule has 0 aliphatic carbocycles. The number of ether oxygens (including phenoxy) is 1. The van der Waals surface area contributed by atoms with Gasteiger partial charge in [-0.05, 0) is 36.4 Å². The molecule has 1 N–H and O–H groups in total. The molecule has 0 bridgehead atoms. The Labute approximate surface area is 144 Å². The fraction of sp³-hybridized carbons (Fsp3) is 0.125. The standard InChI is InChI=1S/C16H10ClF4NO3/c1-25-15(24)12-7-11(2-3-13(12)17)22-14(23)8-4-9(16(19,20)21)6-10(18)5-8/h2-7H,1H3,(H,22,23). The Bertz CT molecular complexity index is 837. The van der Waals surface area contributed by atoms with Crippen molar-refractivity contribution in [1.82, 2.24) is 0 Å². The minimum atomic E-state index is -4.80. The van der Waals surface area contributed by atoms with E-state index in [9.17, 15) is 27.2 Å². The van der Waals surface area contributed by atoms with Crippen LogP contribution in [-0.2, 0) is 10.9 Å². The van der Waals surface area contributed by atoms with Crippen LogP contribution in [-0.4, -0.2) is 19.0 Å². The number of hydrogen-bond acceptors (Lipinski definition) is 3. The maximum atomic E-state index is 13.4. The van der Waals surface area contributed by atoms with Crippen LogP contribution in [0.15, 0.2) is 36.4 Å². The number of amides is 1. The van der Waals surface area contributed by atoms with Crippen LogP contribution in [0.3, 0.4) is 0 Å². The largest absolute Gasteiger partial charge is 0.465 e. The second kappa shape index (κ2) is 7.10. The van der Waals surface area contributed by atoms with Gasteiger partial charge in [0.25, 0.3) is 5.91 Å². The lowest BCUT2D eigenvalue weighted by Crippen LogP contribution is -2.15. The molecule has 0 saturated carbocycles. The molecular formula is C16H10ClF4NO3. The summed E-state index contributed by atoms with van der Waals surface area (Å²) in [4.78, 5) is 23.6. The Hall–Kier alpha value is -2.61. The number of carbonyl (C=O) groups excluding carboxylic acids is 2. The first kappa shape index (κ1) is 18.7. The molecule has 4 nitrogen and oxygen atoms in total. The third-order valence-corrected chi connectivity index (χ3v) is 3.45. The van der Waals surface area contributed by atoms with Crippen LogP contribution in [0.25, 0.3) is 0 Å². The van der Waals surface area contributed by atoms with Gasteiger partial charge in [-0.3, -0.25) is 4.79 Å². The molecular weight excluding hydrogens is 366 g/mol. The van der Waals surface area contributed by atoms with Crippen LogP contribution >= 0.6 is 11.6 Å². The van der Waals surface area contributed by atoms with E-state index in [0.29, 0.717) is 12.1 Å². The molecule has 0 aliphatic heterocycles. The summed E-state index contributed by atoms with van der Waals surface area (Å²) in [5.41, 5.74) is -1.78. The first-order valence-corrected chi connectivity index (χ1v) is 7.06. The summed E-state index contributed by atoms with van der Waals surface area (Å²) in [6.07, 6.45) is -4.80. The fourth-order valence-electron chi connectivity index (χ4n) is 1.96. The van der Waals surface area contributed by atoms with Crippen molar-refractivity contribution < 1.29 is 31.9 Å². The molecule has 25 heavy (non-hydrogen) atoms. The third kappa shape index (κ3) is 4.48. The van der Waals surface area contributed by atoms with Crippen molar-refractivity contribution in [3.63, 3.8) is 0 Å². The van der Waals surface area contributed by atoms with Gasteiger partial charge in [-0.1, -0.05) is 11.6 Å². The summed E-state index contributed by atoms with van der Waals surface area (Å²) >= 11 is 5.83. The molecule has 132 valence electrons. The van der Waals surface area contributed by atoms with E-state index in [4.69, 9.17) is 11.6 Å². The van der Waals surface area contributed by atoms with E-state index >= 15 is 0 Å². The van der Waals surface area contributed by atoms with E-state index in [1.165, 1.54) is 18.2 Å². The zero-order valence-corrected chi connectivity index (χ0v) is 13.3. The van der Waals surface area contributed by atoms with E-state index in [0.717, 1.165) is 7.11 Å². The van der Waals surface area contributed by atoms with Gasteiger partial charge < -0.3 is 10.1 Å². The number of methoxy groups -OCH3 is 1. The van der Waals surface area contributed by atoms with Crippen LogP contribution in [0.5, 0.6) is 0 Å². The van der Waals surface area contributed by atoms with Gasteiger partial charge in [-0.25, -0.2) is 9.18 Å². The molecule has 2 aromatic carbocycles. The van der Waals surface area contributed by atoms with Crippen LogP contribution in [0, 0.1) is 5.82 Å². The van der Waals surface area contributed by atoms with Gasteiger partial charge in [0.2, 0.25) is 0 Å². The van der Waals surface area contributed by atoms with E-state index < -0.39 is 35.0 Å². The van der Waals surface area contributed by atoms with Crippen LogP contribution in [0.1, 0.15) is 26.3 Å². The first-order valence-electron chi connectivity index (χ1n) is 6.69. The summed E-state index contributed by atoms with van der Waals surface area (Å²) in [7, 11) is 1.13. The number of rotatable bonds is 3. The van der Waals surface area contributed by atoms with Crippen molar-refractivity contribution in [3.8, 4) is 0 Å². The van der Waals surface area contributed by atoms with Gasteiger partial charge in [0, 0.05) is 11.3 Å². The van der Waals surface area contributed by atoms with Crippen molar-refractivity contribution in [2.75, 3.05) is 12.4 Å². The molecule has 2 aromatic rings. The van der Waals surface area contributed by atoms with Crippen LogP contribution in [0.2, 0.25) is 5.02 Å². The van der Waals surface area contributed by atoms with Crippen molar-refractivity contribution in [2.45, 2.75) is 6.18 Å². The molecule has 0 unspecified atom stereocenters. The van der Waals surface area contributed by atoms with Gasteiger partial charge in [-0.15, -0.1) is 0 Å². The zero-order chi connectivity index (χ0) is 18.8. The summed E-state index contributed by atoms with van der Waals surface area (Å²) in [5, 5.41) is 2.34. The quantitative estimate of drug-likeness (QED) is 0.633. The highest BCUT2D eigenvalue weighted by molar-refractivity contribution is 6.33. The number of alkyl halides is 3. The normalized spacial score (nSPS) is 11.1. The molecule has 0 radical (unpaired) electrons. The van der Waals surface area contributed by atoms with E-state index in [-0.39, 0.29) is 22.3 Å². The Morgan fingerprint density at radius 1 is 1.12 bits per heavy atom. The maximum absolute atomic E-state index is 13.4. The second-order valence-corrected chi connectivity index (χ2v) is 5.27. The predicted octanol–water partition coefficient (Wildman–Crippen LogP) is 4.54. The number of halogens is 5. The monoisotopic (exact) mass is 375 g/mol. The fourth-order valence-corrected chi connectivity index (χ4v) is 2.15. The molecule has 0 atom stereocenters. The number of hydrogen-bond donors (Lipinski definition) is 1. The zero-order valence-electron chi connectivity index (χ0n) is 12.6. The lowest BCUT2D eigenvalue weighted by molar-refractivity contribution is -0.137. The highest BCUT2D eigenvalue weighted by Gasteiger charge is 2.32. The summed E-state index contributed by atoms with van der Waals surface area (Å²) in [6.45, 7) is 0. The number of esters is 1. The van der Waals surface area contributed by atoms with E-state index in [1.54, 1.807) is 0 Å². The molecule has 0 aromatic heterocycles. The number of benzene rings is 2. The molecule has 0 spiro atoms. The van der Waals surface area contributed by atoms with Crippen molar-refractivity contribution >= 4 is 29.2 Å². The second-order valence-electron chi connectivity index (χ2n) is 4.87. The molecule has 0 aliphatic rings. The van der Waals surface area contributed by atoms with Crippen molar-refractivity contribution in [3.05, 3.63) is 63.9 Å². The van der Waals surface area contributed by atoms with Crippen LogP contribution in [0.4, 0.5) is 23.2 Å². The first-order chi connectivity index (χ1) is 11.6. The molecule has 9 heteroatoms. The molecule has 0 saturated heterocycles. The van der Waals surface area contributed by atoms with Gasteiger partial charge in [0.05, 0.1) is 23.3 Å². The SMILES string of the molecule is COC(=O)c1cc(NC(=O)c2cc(F)cc(C(F)(F)F)c2)ccc1Cl. The molecule has 0 heterocycles. The number of anilines is 1. The maximum Gasteiger partial charge on any atom is 0.416 e. The highest BCUT2D eigenvalue weighted by Crippen LogP contribution is 2.30. The van der Waals surface area contributed by atoms with Crippen molar-refractivity contribution in [2.24, 2.45) is 0 Å². The van der Waals surface area contributed by atoms with Crippen molar-refractivity contribution in [1.29, 1.82) is 0 Å². The molecule has 0 fully saturated rings. The van der Waals surface area contributed by atoms with E-state index in [2.05, 4.69) is 10.1 Å². The van der Waals surface area contributed by atoms with Gasteiger partial charge in [-0.2, -0.15) is 13.2 Å². The summed E-state index contributed by atoms with van der Waals surface area (Å²) < 4.78 is 56.0. The molecule has 2 rings (SSSR count). The van der Waals surface area contributed by atoms with Gasteiger partial charge >= 0.3 is 12.1 Å². The average Bonchev–Trinajstić information content (AvgIpc) is 2.54. The lowest BCUT2D eigenvalue weighted by Gasteiger charge is -2.11. The van der Waals surface area contributed by atoms with E-state index in [1.807, 2.05) is 0 Å². The van der Waals surface area contributed by atoms with Gasteiger partial charge in [0.1, 0.15) is 5.82 Å². The topological polar surface area (TPSA) is 55.4 Å². The smallest absolute Gasteiger partial charge is 0.416 e. The summed E-state index contributed by atoms with van der Waals surface area (Å²) in [6, 6.07) is 5.30. The van der Waals surface area contributed by atoms with Gasteiger partial charge in [0.15, 0.2) is 0 Å². The highest BCUT2D eigenvalue weighted by atomic mass is 35.5. The Balaban J connectivity index is 2.32. The average molecular weight is 376 g/mol.